The topological polar surface area (TPSA) is 49.8 Å². The molecule has 2 aromatic carbocycles. The van der Waals surface area contributed by atoms with Gasteiger partial charge in [-0.1, -0.05) is 30.8 Å². The molecule has 0 radical (unpaired) electrons. The number of benzene rings is 2. The number of amides is 1. The lowest BCUT2D eigenvalue weighted by atomic mass is 10.0. The molecule has 0 aliphatic carbocycles. The first-order chi connectivity index (χ1) is 13.1. The number of ether oxygens (including phenoxy) is 1. The van der Waals surface area contributed by atoms with E-state index < -0.39 is 23.6 Å². The molecular formula is C20H22F3NO3S. The Morgan fingerprint density at radius 3 is 2.46 bits per heavy atom. The van der Waals surface area contributed by atoms with Gasteiger partial charge in [0.05, 0.1) is 11.3 Å². The molecule has 2 rings (SSSR count). The van der Waals surface area contributed by atoms with Gasteiger partial charge in [0.1, 0.15) is 12.4 Å². The lowest BCUT2D eigenvalue weighted by molar-refractivity contribution is -0.138. The summed E-state index contributed by atoms with van der Waals surface area (Å²) in [7, 11) is 0. The SMILES string of the molecule is CCc1cc(C)c(OCc2c(N(O)C(=O)SC)cccc2C(F)(F)F)cc1C. The maximum absolute atomic E-state index is 13.5. The van der Waals surface area contributed by atoms with Gasteiger partial charge in [-0.2, -0.15) is 18.2 Å². The van der Waals surface area contributed by atoms with Crippen LogP contribution in [-0.4, -0.2) is 16.7 Å². The fraction of sp³-hybridized carbons (Fsp3) is 0.350. The fourth-order valence-electron chi connectivity index (χ4n) is 2.91. The second-order valence-corrected chi connectivity index (χ2v) is 7.03. The molecule has 1 amide bonds. The molecule has 152 valence electrons. The van der Waals surface area contributed by atoms with Gasteiger partial charge in [0.15, 0.2) is 0 Å². The Morgan fingerprint density at radius 1 is 1.21 bits per heavy atom. The van der Waals surface area contributed by atoms with Gasteiger partial charge in [0.25, 0.3) is 0 Å². The van der Waals surface area contributed by atoms with Crippen molar-refractivity contribution in [2.75, 3.05) is 11.3 Å². The lowest BCUT2D eigenvalue weighted by Crippen LogP contribution is -2.25. The van der Waals surface area contributed by atoms with Gasteiger partial charge in [-0.15, -0.1) is 0 Å². The number of hydrogen-bond donors (Lipinski definition) is 1. The van der Waals surface area contributed by atoms with Crippen LogP contribution in [0, 0.1) is 13.8 Å². The predicted molar refractivity (Wildman–Crippen MR) is 104 cm³/mol. The average Bonchev–Trinajstić information content (AvgIpc) is 2.65. The lowest BCUT2D eigenvalue weighted by Gasteiger charge is -2.22. The van der Waals surface area contributed by atoms with Crippen molar-refractivity contribution in [1.29, 1.82) is 0 Å². The van der Waals surface area contributed by atoms with Gasteiger partial charge in [-0.05, 0) is 61.4 Å². The number of hydrogen-bond acceptors (Lipinski definition) is 4. The Bertz CT molecular complexity index is 869. The zero-order valence-corrected chi connectivity index (χ0v) is 16.9. The van der Waals surface area contributed by atoms with Crippen LogP contribution in [0.1, 0.15) is 34.7 Å². The molecular weight excluding hydrogens is 391 g/mol. The number of rotatable bonds is 5. The number of alkyl halides is 3. The van der Waals surface area contributed by atoms with Crippen molar-refractivity contribution < 1.29 is 27.9 Å². The summed E-state index contributed by atoms with van der Waals surface area (Å²) in [6.07, 6.45) is -2.39. The van der Waals surface area contributed by atoms with E-state index in [2.05, 4.69) is 0 Å². The minimum absolute atomic E-state index is 0.219. The first-order valence-electron chi connectivity index (χ1n) is 8.59. The molecule has 1 N–H and O–H groups in total. The van der Waals surface area contributed by atoms with Gasteiger partial charge < -0.3 is 4.74 Å². The number of nitrogens with zero attached hydrogens (tertiary/aromatic N) is 1. The van der Waals surface area contributed by atoms with Crippen LogP contribution >= 0.6 is 11.8 Å². The highest BCUT2D eigenvalue weighted by Crippen LogP contribution is 2.37. The van der Waals surface area contributed by atoms with E-state index in [-0.39, 0.29) is 16.3 Å². The van der Waals surface area contributed by atoms with Crippen LogP contribution in [-0.2, 0) is 19.2 Å². The quantitative estimate of drug-likeness (QED) is 0.472. The van der Waals surface area contributed by atoms with E-state index in [1.165, 1.54) is 12.3 Å². The van der Waals surface area contributed by atoms with Crippen molar-refractivity contribution in [2.24, 2.45) is 0 Å². The van der Waals surface area contributed by atoms with E-state index in [9.17, 15) is 23.2 Å². The third kappa shape index (κ3) is 4.80. The molecule has 0 atom stereocenters. The Kier molecular flexibility index (Phi) is 7.01. The number of hydroxylamine groups is 1. The van der Waals surface area contributed by atoms with Crippen molar-refractivity contribution in [3.8, 4) is 5.75 Å². The van der Waals surface area contributed by atoms with E-state index in [1.54, 1.807) is 6.07 Å². The highest BCUT2D eigenvalue weighted by molar-refractivity contribution is 8.13. The van der Waals surface area contributed by atoms with Gasteiger partial charge in [-0.25, -0.2) is 0 Å². The number of aryl methyl sites for hydroxylation is 3. The molecule has 0 aliphatic rings. The third-order valence-corrected chi connectivity index (χ3v) is 4.94. The van der Waals surface area contributed by atoms with Crippen LogP contribution in [0.4, 0.5) is 23.7 Å². The molecule has 4 nitrogen and oxygen atoms in total. The number of carbonyl (C=O) groups is 1. The van der Waals surface area contributed by atoms with Crippen LogP contribution in [0.15, 0.2) is 30.3 Å². The van der Waals surface area contributed by atoms with Gasteiger partial charge in [0.2, 0.25) is 0 Å². The first-order valence-corrected chi connectivity index (χ1v) is 9.81. The summed E-state index contributed by atoms with van der Waals surface area (Å²) in [6.45, 7) is 5.30. The average molecular weight is 413 g/mol. The van der Waals surface area contributed by atoms with Crippen LogP contribution in [0.2, 0.25) is 0 Å². The highest BCUT2D eigenvalue weighted by Gasteiger charge is 2.35. The van der Waals surface area contributed by atoms with E-state index in [1.807, 2.05) is 26.8 Å². The second-order valence-electron chi connectivity index (χ2n) is 6.27. The molecule has 0 aromatic heterocycles. The Hall–Kier alpha value is -2.19. The number of carbonyl (C=O) groups excluding carboxylic acids is 1. The van der Waals surface area contributed by atoms with E-state index in [0.29, 0.717) is 17.5 Å². The monoisotopic (exact) mass is 413 g/mol. The van der Waals surface area contributed by atoms with Crippen LogP contribution in [0.3, 0.4) is 0 Å². The zero-order valence-electron chi connectivity index (χ0n) is 16.1. The summed E-state index contributed by atoms with van der Waals surface area (Å²) in [5, 5.41) is 9.49. The number of halogens is 3. The second kappa shape index (κ2) is 8.87. The molecule has 2 aromatic rings. The van der Waals surface area contributed by atoms with Crippen molar-refractivity contribution in [3.05, 3.63) is 58.1 Å². The Balaban J connectivity index is 2.46. The Labute approximate surface area is 166 Å². The van der Waals surface area contributed by atoms with E-state index in [0.717, 1.165) is 35.2 Å². The molecule has 0 bridgehead atoms. The smallest absolute Gasteiger partial charge is 0.416 e. The van der Waals surface area contributed by atoms with Crippen molar-refractivity contribution in [1.82, 2.24) is 0 Å². The van der Waals surface area contributed by atoms with Crippen LogP contribution in [0.25, 0.3) is 0 Å². The van der Waals surface area contributed by atoms with Crippen LogP contribution in [0.5, 0.6) is 5.75 Å². The first kappa shape index (κ1) is 22.1. The third-order valence-electron chi connectivity index (χ3n) is 4.42. The summed E-state index contributed by atoms with van der Waals surface area (Å²) >= 11 is 0.688. The van der Waals surface area contributed by atoms with Crippen molar-refractivity contribution in [2.45, 2.75) is 40.0 Å². The summed E-state index contributed by atoms with van der Waals surface area (Å²) < 4.78 is 46.2. The van der Waals surface area contributed by atoms with Crippen molar-refractivity contribution in [3.63, 3.8) is 0 Å². The Morgan fingerprint density at radius 2 is 1.89 bits per heavy atom. The molecule has 0 spiro atoms. The largest absolute Gasteiger partial charge is 0.489 e. The summed E-state index contributed by atoms with van der Waals surface area (Å²) in [5.74, 6) is 0.457. The predicted octanol–water partition coefficient (Wildman–Crippen LogP) is 6.14. The maximum Gasteiger partial charge on any atom is 0.416 e. The minimum Gasteiger partial charge on any atom is -0.489 e. The standard InChI is InChI=1S/C20H22F3NO3S/c1-5-14-9-13(3)18(10-12(14)2)27-11-15-16(20(21,22)23)7-6-8-17(15)24(26)19(25)28-4/h6-10,26H,5,11H2,1-4H3. The fourth-order valence-corrected chi connectivity index (χ4v) is 3.18. The summed E-state index contributed by atoms with van der Waals surface area (Å²) in [6, 6.07) is 7.02. The molecule has 28 heavy (non-hydrogen) atoms. The molecule has 0 saturated carbocycles. The molecule has 0 fully saturated rings. The minimum atomic E-state index is -4.66. The summed E-state index contributed by atoms with van der Waals surface area (Å²) in [4.78, 5) is 11.8. The van der Waals surface area contributed by atoms with Crippen LogP contribution < -0.4 is 9.80 Å². The molecule has 8 heteroatoms. The summed E-state index contributed by atoms with van der Waals surface area (Å²) in [5.41, 5.74) is 1.39. The van der Waals surface area contributed by atoms with E-state index >= 15 is 0 Å². The van der Waals surface area contributed by atoms with Gasteiger partial charge in [0, 0.05) is 5.56 Å². The number of anilines is 1. The van der Waals surface area contributed by atoms with Gasteiger partial charge in [-0.3, -0.25) is 10.0 Å². The molecule has 0 heterocycles. The number of thioether (sulfide) groups is 1. The molecule has 0 aliphatic heterocycles. The normalized spacial score (nSPS) is 11.4. The zero-order chi connectivity index (χ0) is 21.1. The van der Waals surface area contributed by atoms with Gasteiger partial charge >= 0.3 is 11.4 Å². The highest BCUT2D eigenvalue weighted by atomic mass is 32.2. The molecule has 0 unspecified atom stereocenters. The maximum atomic E-state index is 13.5. The van der Waals surface area contributed by atoms with E-state index in [4.69, 9.17) is 4.74 Å². The molecule has 0 saturated heterocycles. The van der Waals surface area contributed by atoms with Crippen molar-refractivity contribution >= 4 is 22.7 Å².